The summed E-state index contributed by atoms with van der Waals surface area (Å²) < 4.78 is 7.26. The monoisotopic (exact) mass is 282 g/mol. The molecule has 1 heterocycles. The van der Waals surface area contributed by atoms with Gasteiger partial charge in [-0.3, -0.25) is 0 Å². The van der Waals surface area contributed by atoms with Gasteiger partial charge in [0.25, 0.3) is 0 Å². The maximum absolute atomic E-state index is 6.14. The molecule has 0 radical (unpaired) electrons. The number of hydrogen-bond donors (Lipinski definition) is 0. The van der Waals surface area contributed by atoms with Crippen molar-refractivity contribution >= 4 is 15.9 Å². The smallest absolute Gasteiger partial charge is 0.123 e. The fraction of sp³-hybridized carbons (Fsp3) is 0.571. The van der Waals surface area contributed by atoms with Gasteiger partial charge in [-0.2, -0.15) is 0 Å². The number of hydrogen-bond acceptors (Lipinski definition) is 1. The van der Waals surface area contributed by atoms with E-state index in [0.717, 1.165) is 10.2 Å². The average Bonchev–Trinajstić information content (AvgIpc) is 2.17. The second kappa shape index (κ2) is 3.49. The van der Waals surface area contributed by atoms with E-state index in [1.807, 2.05) is 6.07 Å². The third kappa shape index (κ3) is 1.58. The molecule has 1 aliphatic rings. The molecule has 0 N–H and O–H groups in total. The fourth-order valence-corrected chi connectivity index (χ4v) is 2.65. The van der Waals surface area contributed by atoms with Crippen LogP contribution in [0.4, 0.5) is 0 Å². The lowest BCUT2D eigenvalue weighted by molar-refractivity contribution is -0.0431. The second-order valence-electron chi connectivity index (χ2n) is 5.74. The first-order valence-electron chi connectivity index (χ1n) is 5.74. The van der Waals surface area contributed by atoms with Crippen molar-refractivity contribution in [3.05, 3.63) is 28.2 Å². The first-order chi connectivity index (χ1) is 7.25. The SMILES string of the molecule is CC1c2cc(Br)ccc2OC(C)(C)C1(C)C. The Morgan fingerprint density at radius 3 is 2.44 bits per heavy atom. The van der Waals surface area contributed by atoms with E-state index in [4.69, 9.17) is 4.74 Å². The fourth-order valence-electron chi connectivity index (χ4n) is 2.27. The molecular formula is C14H19BrO. The van der Waals surface area contributed by atoms with E-state index >= 15 is 0 Å². The molecule has 16 heavy (non-hydrogen) atoms. The van der Waals surface area contributed by atoms with Crippen LogP contribution in [-0.2, 0) is 0 Å². The molecule has 1 atom stereocenters. The Bertz CT molecular complexity index is 421. The number of rotatable bonds is 0. The molecule has 2 heteroatoms. The standard InChI is InChI=1S/C14H19BrO/c1-9-11-8-10(15)6-7-12(11)16-14(4,5)13(9,2)3/h6-9H,1-5H3. The Morgan fingerprint density at radius 1 is 1.19 bits per heavy atom. The molecule has 0 spiro atoms. The van der Waals surface area contributed by atoms with Crippen LogP contribution in [0.15, 0.2) is 22.7 Å². The molecule has 0 fully saturated rings. The van der Waals surface area contributed by atoms with Crippen LogP contribution < -0.4 is 4.74 Å². The highest BCUT2D eigenvalue weighted by Gasteiger charge is 2.48. The normalized spacial score (nSPS) is 25.8. The zero-order valence-corrected chi connectivity index (χ0v) is 12.2. The molecule has 0 saturated carbocycles. The van der Waals surface area contributed by atoms with Crippen molar-refractivity contribution < 1.29 is 4.74 Å². The van der Waals surface area contributed by atoms with Crippen LogP contribution in [0.1, 0.15) is 46.1 Å². The summed E-state index contributed by atoms with van der Waals surface area (Å²) in [5.41, 5.74) is 1.30. The zero-order chi connectivity index (χ0) is 12.1. The summed E-state index contributed by atoms with van der Waals surface area (Å²) in [5, 5.41) is 0. The largest absolute Gasteiger partial charge is 0.487 e. The molecule has 1 nitrogen and oxygen atoms in total. The van der Waals surface area contributed by atoms with E-state index in [-0.39, 0.29) is 11.0 Å². The van der Waals surface area contributed by atoms with Gasteiger partial charge in [-0.15, -0.1) is 0 Å². The molecule has 1 unspecified atom stereocenters. The Kier molecular flexibility index (Phi) is 2.61. The maximum Gasteiger partial charge on any atom is 0.123 e. The van der Waals surface area contributed by atoms with E-state index in [1.54, 1.807) is 0 Å². The van der Waals surface area contributed by atoms with Crippen molar-refractivity contribution in [2.45, 2.75) is 46.1 Å². The zero-order valence-electron chi connectivity index (χ0n) is 10.6. The highest BCUT2D eigenvalue weighted by molar-refractivity contribution is 9.10. The number of ether oxygens (including phenoxy) is 1. The summed E-state index contributed by atoms with van der Waals surface area (Å²) in [6, 6.07) is 6.28. The van der Waals surface area contributed by atoms with Gasteiger partial charge in [0, 0.05) is 9.89 Å². The van der Waals surface area contributed by atoms with Gasteiger partial charge in [-0.25, -0.2) is 0 Å². The van der Waals surface area contributed by atoms with Crippen LogP contribution in [-0.4, -0.2) is 5.60 Å². The minimum absolute atomic E-state index is 0.126. The van der Waals surface area contributed by atoms with Crippen molar-refractivity contribution in [2.75, 3.05) is 0 Å². The molecule has 0 bridgehead atoms. The topological polar surface area (TPSA) is 9.23 Å². The second-order valence-corrected chi connectivity index (χ2v) is 6.65. The summed E-state index contributed by atoms with van der Waals surface area (Å²) in [7, 11) is 0. The lowest BCUT2D eigenvalue weighted by Gasteiger charge is -2.50. The molecule has 0 amide bonds. The van der Waals surface area contributed by atoms with Gasteiger partial charge in [0.2, 0.25) is 0 Å². The van der Waals surface area contributed by atoms with Gasteiger partial charge in [0.15, 0.2) is 0 Å². The predicted octanol–water partition coefficient (Wildman–Crippen LogP) is 4.75. The maximum atomic E-state index is 6.14. The van der Waals surface area contributed by atoms with Gasteiger partial charge < -0.3 is 4.74 Å². The van der Waals surface area contributed by atoms with Crippen LogP contribution in [0, 0.1) is 5.41 Å². The van der Waals surface area contributed by atoms with Crippen LogP contribution in [0.25, 0.3) is 0 Å². The van der Waals surface area contributed by atoms with E-state index in [9.17, 15) is 0 Å². The van der Waals surface area contributed by atoms with Gasteiger partial charge in [0.1, 0.15) is 11.4 Å². The molecule has 2 rings (SSSR count). The highest BCUT2D eigenvalue weighted by Crippen LogP contribution is 2.52. The van der Waals surface area contributed by atoms with Crippen LogP contribution in [0.3, 0.4) is 0 Å². The summed E-state index contributed by atoms with van der Waals surface area (Å²) in [6.07, 6.45) is 0. The summed E-state index contributed by atoms with van der Waals surface area (Å²) in [6.45, 7) is 11.2. The van der Waals surface area contributed by atoms with E-state index in [2.05, 4.69) is 62.7 Å². The highest BCUT2D eigenvalue weighted by atomic mass is 79.9. The third-order valence-electron chi connectivity index (χ3n) is 4.44. The van der Waals surface area contributed by atoms with Crippen molar-refractivity contribution in [2.24, 2.45) is 5.41 Å². The molecule has 0 aliphatic carbocycles. The minimum Gasteiger partial charge on any atom is -0.487 e. The number of benzene rings is 1. The Balaban J connectivity index is 2.58. The van der Waals surface area contributed by atoms with Gasteiger partial charge in [-0.05, 0) is 43.5 Å². The van der Waals surface area contributed by atoms with Crippen molar-refractivity contribution in [1.82, 2.24) is 0 Å². The molecular weight excluding hydrogens is 264 g/mol. The van der Waals surface area contributed by atoms with E-state index in [0.29, 0.717) is 5.92 Å². The lowest BCUT2D eigenvalue weighted by atomic mass is 9.64. The first-order valence-corrected chi connectivity index (χ1v) is 6.53. The molecule has 1 aromatic carbocycles. The lowest BCUT2D eigenvalue weighted by Crippen LogP contribution is -2.50. The molecule has 0 saturated heterocycles. The number of fused-ring (bicyclic) bond motifs is 1. The molecule has 1 aliphatic heterocycles. The summed E-state index contributed by atoms with van der Waals surface area (Å²) in [5.74, 6) is 1.52. The van der Waals surface area contributed by atoms with Gasteiger partial charge in [-0.1, -0.05) is 36.7 Å². The average molecular weight is 283 g/mol. The van der Waals surface area contributed by atoms with Crippen molar-refractivity contribution in [3.8, 4) is 5.75 Å². The number of halogens is 1. The Labute approximate surface area is 106 Å². The van der Waals surface area contributed by atoms with Crippen LogP contribution in [0.2, 0.25) is 0 Å². The van der Waals surface area contributed by atoms with Crippen LogP contribution in [0.5, 0.6) is 5.75 Å². The minimum atomic E-state index is -0.132. The molecule has 88 valence electrons. The molecule has 1 aromatic rings. The van der Waals surface area contributed by atoms with Gasteiger partial charge >= 0.3 is 0 Å². The Hall–Kier alpha value is -0.500. The molecule has 0 aromatic heterocycles. The predicted molar refractivity (Wildman–Crippen MR) is 71.0 cm³/mol. The summed E-state index contributed by atoms with van der Waals surface area (Å²) in [4.78, 5) is 0. The van der Waals surface area contributed by atoms with E-state index in [1.165, 1.54) is 5.56 Å². The Morgan fingerprint density at radius 2 is 1.81 bits per heavy atom. The van der Waals surface area contributed by atoms with Gasteiger partial charge in [0.05, 0.1) is 0 Å². The van der Waals surface area contributed by atoms with Crippen molar-refractivity contribution in [3.63, 3.8) is 0 Å². The third-order valence-corrected chi connectivity index (χ3v) is 4.93. The summed E-state index contributed by atoms with van der Waals surface area (Å²) >= 11 is 3.53. The van der Waals surface area contributed by atoms with E-state index < -0.39 is 0 Å². The first kappa shape index (κ1) is 12.0. The van der Waals surface area contributed by atoms with Crippen molar-refractivity contribution in [1.29, 1.82) is 0 Å². The van der Waals surface area contributed by atoms with Crippen LogP contribution >= 0.6 is 15.9 Å². The quantitative estimate of drug-likeness (QED) is 0.667.